The van der Waals surface area contributed by atoms with E-state index in [1.165, 1.54) is 22.9 Å². The summed E-state index contributed by atoms with van der Waals surface area (Å²) < 4.78 is 0. The van der Waals surface area contributed by atoms with Gasteiger partial charge in [-0.15, -0.1) is 0 Å². The third-order valence-electron chi connectivity index (χ3n) is 5.35. The summed E-state index contributed by atoms with van der Waals surface area (Å²) in [5.41, 5.74) is 6.46. The van der Waals surface area contributed by atoms with Gasteiger partial charge in [0.1, 0.15) is 0 Å². The van der Waals surface area contributed by atoms with Gasteiger partial charge in [-0.25, -0.2) is 4.79 Å². The normalized spacial score (nSPS) is 15.4. The lowest BCUT2D eigenvalue weighted by Crippen LogP contribution is -2.45. The molecule has 1 aliphatic heterocycles. The number of benzene rings is 2. The van der Waals surface area contributed by atoms with Gasteiger partial charge in [-0.3, -0.25) is 4.99 Å². The topological polar surface area (TPSA) is 52.9 Å². The Labute approximate surface area is 177 Å². The summed E-state index contributed by atoms with van der Waals surface area (Å²) in [7, 11) is 0. The van der Waals surface area contributed by atoms with Gasteiger partial charge in [0.2, 0.25) is 0 Å². The van der Waals surface area contributed by atoms with Gasteiger partial charge in [0, 0.05) is 24.0 Å². The van der Waals surface area contributed by atoms with Gasteiger partial charge in [0.25, 0.3) is 0 Å². The molecule has 0 aliphatic carbocycles. The van der Waals surface area contributed by atoms with Crippen molar-refractivity contribution in [1.82, 2.24) is 0 Å². The number of aliphatic imine (C=N–C) groups is 1. The number of aryl methyl sites for hydroxylation is 1. The van der Waals surface area contributed by atoms with Crippen LogP contribution >= 0.6 is 11.6 Å². The number of nitrogens with zero attached hydrogens (tertiary/aromatic N) is 2. The average Bonchev–Trinajstić information content (AvgIpc) is 2.64. The van der Waals surface area contributed by atoms with Crippen LogP contribution in [0.2, 0.25) is 5.02 Å². The van der Waals surface area contributed by atoms with Crippen LogP contribution in [0.5, 0.6) is 0 Å². The van der Waals surface area contributed by atoms with E-state index >= 15 is 0 Å². The summed E-state index contributed by atoms with van der Waals surface area (Å²) in [6, 6.07) is 9.18. The number of allylic oxidation sites excluding steroid dienone is 1. The predicted molar refractivity (Wildman–Crippen MR) is 122 cm³/mol. The minimum Gasteiger partial charge on any atom is -0.478 e. The van der Waals surface area contributed by atoms with Crippen LogP contribution in [0.1, 0.15) is 61.2 Å². The Bertz CT molecular complexity index is 1020. The molecule has 3 rings (SSSR count). The fraction of sp³-hybridized carbons (Fsp3) is 0.333. The van der Waals surface area contributed by atoms with E-state index in [1.807, 2.05) is 0 Å². The molecule has 0 saturated heterocycles. The molecule has 0 saturated carbocycles. The van der Waals surface area contributed by atoms with Crippen LogP contribution in [0, 0.1) is 6.92 Å². The largest absolute Gasteiger partial charge is 0.478 e. The van der Waals surface area contributed by atoms with E-state index in [0.29, 0.717) is 5.69 Å². The van der Waals surface area contributed by atoms with Gasteiger partial charge in [0.15, 0.2) is 0 Å². The molecular formula is C24H27ClN2O2. The Morgan fingerprint density at radius 2 is 1.97 bits per heavy atom. The molecular weight excluding hydrogens is 384 g/mol. The first-order chi connectivity index (χ1) is 13.6. The van der Waals surface area contributed by atoms with Crippen molar-refractivity contribution in [2.24, 2.45) is 4.99 Å². The number of carbonyl (C=O) groups is 1. The maximum absolute atomic E-state index is 11.3. The van der Waals surface area contributed by atoms with Crippen LogP contribution in [-0.2, 0) is 0 Å². The second kappa shape index (κ2) is 8.03. The quantitative estimate of drug-likeness (QED) is 0.571. The highest BCUT2D eigenvalue weighted by Crippen LogP contribution is 2.40. The van der Waals surface area contributed by atoms with Crippen LogP contribution in [0.3, 0.4) is 0 Å². The van der Waals surface area contributed by atoms with E-state index in [4.69, 9.17) is 11.6 Å². The van der Waals surface area contributed by atoms with Crippen LogP contribution in [0.15, 0.2) is 41.4 Å². The first kappa shape index (κ1) is 21.1. The summed E-state index contributed by atoms with van der Waals surface area (Å²) >= 11 is 5.95. The molecule has 0 fully saturated rings. The number of hydrogen-bond acceptors (Lipinski definition) is 3. The molecule has 1 heterocycles. The highest BCUT2D eigenvalue weighted by molar-refractivity contribution is 6.33. The van der Waals surface area contributed by atoms with E-state index in [-0.39, 0.29) is 16.1 Å². The number of aromatic carboxylic acids is 1. The zero-order valence-corrected chi connectivity index (χ0v) is 18.3. The van der Waals surface area contributed by atoms with Gasteiger partial charge >= 0.3 is 5.97 Å². The third-order valence-corrected chi connectivity index (χ3v) is 5.68. The first-order valence-corrected chi connectivity index (χ1v) is 10.2. The van der Waals surface area contributed by atoms with Crippen molar-refractivity contribution in [2.75, 3.05) is 11.4 Å². The second-order valence-electron chi connectivity index (χ2n) is 8.09. The Hall–Kier alpha value is -2.59. The van der Waals surface area contributed by atoms with Crippen molar-refractivity contribution in [3.05, 3.63) is 63.7 Å². The molecule has 0 aromatic heterocycles. The molecule has 1 N–H and O–H groups in total. The molecule has 0 unspecified atom stereocenters. The molecule has 2 aromatic carbocycles. The van der Waals surface area contributed by atoms with Crippen LogP contribution < -0.4 is 4.90 Å². The highest BCUT2D eigenvalue weighted by atomic mass is 35.5. The molecule has 0 amide bonds. The summed E-state index contributed by atoms with van der Waals surface area (Å²) in [6.45, 7) is 11.9. The Morgan fingerprint density at radius 3 is 2.62 bits per heavy atom. The van der Waals surface area contributed by atoms with Crippen molar-refractivity contribution in [3.63, 3.8) is 0 Å². The van der Waals surface area contributed by atoms with E-state index in [9.17, 15) is 9.90 Å². The van der Waals surface area contributed by atoms with E-state index in [1.54, 1.807) is 18.3 Å². The number of hydrogen-bond donors (Lipinski definition) is 1. The number of fused-ring (bicyclic) bond motifs is 1. The van der Waals surface area contributed by atoms with Gasteiger partial charge in [-0.05, 0) is 81.1 Å². The number of carboxylic acid groups (broad SMARTS) is 1. The van der Waals surface area contributed by atoms with Gasteiger partial charge < -0.3 is 10.0 Å². The van der Waals surface area contributed by atoms with Crippen LogP contribution in [-0.4, -0.2) is 29.4 Å². The Balaban J connectivity index is 2.01. The minimum absolute atomic E-state index is 0.0221. The highest BCUT2D eigenvalue weighted by Gasteiger charge is 2.31. The van der Waals surface area contributed by atoms with Gasteiger partial charge in [-0.1, -0.05) is 24.6 Å². The molecule has 0 atom stereocenters. The third kappa shape index (κ3) is 4.23. The Morgan fingerprint density at radius 1 is 1.24 bits per heavy atom. The smallest absolute Gasteiger partial charge is 0.337 e. The standard InChI is InChI=1S/C24H27ClN2O2/c1-6-9-27-22-10-15(2)17(11-19(22)16(3)13-24(27,4)5)14-26-18-7-8-21(25)20(12-18)23(28)29/h7-8,10-14H,6,9H2,1-5H3,(H,28,29). The molecule has 0 radical (unpaired) electrons. The number of rotatable bonds is 5. The van der Waals surface area contributed by atoms with E-state index < -0.39 is 5.97 Å². The molecule has 1 aliphatic rings. The fourth-order valence-electron chi connectivity index (χ4n) is 3.92. The summed E-state index contributed by atoms with van der Waals surface area (Å²) in [5, 5.41) is 9.45. The number of anilines is 1. The van der Waals surface area contributed by atoms with E-state index in [0.717, 1.165) is 24.1 Å². The maximum Gasteiger partial charge on any atom is 0.337 e. The van der Waals surface area contributed by atoms with Crippen molar-refractivity contribution in [3.8, 4) is 0 Å². The van der Waals surface area contributed by atoms with Crippen LogP contribution in [0.25, 0.3) is 5.57 Å². The van der Waals surface area contributed by atoms with Crippen molar-refractivity contribution in [1.29, 1.82) is 0 Å². The van der Waals surface area contributed by atoms with Gasteiger partial charge in [0.05, 0.1) is 21.8 Å². The van der Waals surface area contributed by atoms with Crippen molar-refractivity contribution in [2.45, 2.75) is 46.6 Å². The zero-order valence-electron chi connectivity index (χ0n) is 17.6. The fourth-order valence-corrected chi connectivity index (χ4v) is 4.12. The molecule has 5 heteroatoms. The predicted octanol–water partition coefficient (Wildman–Crippen LogP) is 6.51. The number of carboxylic acids is 1. The van der Waals surface area contributed by atoms with Gasteiger partial charge in [-0.2, -0.15) is 0 Å². The molecule has 4 nitrogen and oxygen atoms in total. The minimum atomic E-state index is -1.06. The summed E-state index contributed by atoms with van der Waals surface area (Å²) in [6.07, 6.45) is 5.20. The van der Waals surface area contributed by atoms with Crippen molar-refractivity contribution < 1.29 is 9.90 Å². The van der Waals surface area contributed by atoms with E-state index in [2.05, 4.69) is 62.7 Å². The molecule has 0 spiro atoms. The Kier molecular flexibility index (Phi) is 5.85. The average molecular weight is 411 g/mol. The summed E-state index contributed by atoms with van der Waals surface area (Å²) in [5.74, 6) is -1.06. The zero-order chi connectivity index (χ0) is 21.3. The summed E-state index contributed by atoms with van der Waals surface area (Å²) in [4.78, 5) is 18.2. The van der Waals surface area contributed by atoms with Crippen molar-refractivity contribution >= 4 is 40.7 Å². The second-order valence-corrected chi connectivity index (χ2v) is 8.49. The molecule has 2 aromatic rings. The monoisotopic (exact) mass is 410 g/mol. The lowest BCUT2D eigenvalue weighted by molar-refractivity contribution is 0.0697. The molecule has 152 valence electrons. The molecule has 29 heavy (non-hydrogen) atoms. The lowest BCUT2D eigenvalue weighted by Gasteiger charge is -2.43. The first-order valence-electron chi connectivity index (χ1n) is 9.83. The number of halogens is 1. The molecule has 0 bridgehead atoms. The van der Waals surface area contributed by atoms with Crippen LogP contribution in [0.4, 0.5) is 11.4 Å². The maximum atomic E-state index is 11.3. The SMILES string of the molecule is CCCN1c2cc(C)c(C=Nc3ccc(Cl)c(C(=O)O)c3)cc2C(C)=CC1(C)C. The lowest BCUT2D eigenvalue weighted by atomic mass is 9.87.